The molecule has 20 heavy (non-hydrogen) atoms. The number of carbonyl (C=O) groups excluding carboxylic acids is 1. The molecule has 2 heterocycles. The Bertz CT molecular complexity index is 627. The quantitative estimate of drug-likeness (QED) is 0.617. The van der Waals surface area contributed by atoms with Gasteiger partial charge in [-0.15, -0.1) is 0 Å². The summed E-state index contributed by atoms with van der Waals surface area (Å²) < 4.78 is 11.2. The Balaban J connectivity index is 2.06. The van der Waals surface area contributed by atoms with Gasteiger partial charge in [-0.25, -0.2) is 0 Å². The number of ether oxygens (including phenoxy) is 2. The molecule has 0 radical (unpaired) electrons. The molecule has 0 spiro atoms. The predicted octanol–water partition coefficient (Wildman–Crippen LogP) is 2.24. The van der Waals surface area contributed by atoms with E-state index < -0.39 is 0 Å². The summed E-state index contributed by atoms with van der Waals surface area (Å²) in [5.41, 5.74) is 0.926. The van der Waals surface area contributed by atoms with Crippen molar-refractivity contribution < 1.29 is 14.3 Å². The summed E-state index contributed by atoms with van der Waals surface area (Å²) in [6.07, 6.45) is 0. The van der Waals surface area contributed by atoms with Crippen LogP contribution in [-0.2, 0) is 9.53 Å². The monoisotopic (exact) mass is 290 g/mol. The predicted molar refractivity (Wildman–Crippen MR) is 78.2 cm³/mol. The fraction of sp³-hybridized carbons (Fsp3) is 0.286. The molecule has 2 aliphatic rings. The number of likely N-dealkylation sites (N-methyl/N-ethyl adjacent to an activating group) is 1. The number of benzene rings is 1. The summed E-state index contributed by atoms with van der Waals surface area (Å²) in [7, 11) is 0. The number of hydrogen-bond donors (Lipinski definition) is 0. The molecule has 0 aliphatic carbocycles. The Hall–Kier alpha value is -2.08. The van der Waals surface area contributed by atoms with Crippen LogP contribution in [0, 0.1) is 0 Å². The Morgan fingerprint density at radius 2 is 1.80 bits per heavy atom. The van der Waals surface area contributed by atoms with Crippen LogP contribution in [0.1, 0.15) is 13.8 Å². The molecule has 6 heteroatoms. The second kappa shape index (κ2) is 4.79. The van der Waals surface area contributed by atoms with E-state index in [2.05, 4.69) is 0 Å². The number of carbonyl (C=O) groups is 1. The third kappa shape index (κ3) is 1.76. The van der Waals surface area contributed by atoms with E-state index in [1.807, 2.05) is 43.0 Å². The lowest BCUT2D eigenvalue weighted by atomic mass is 10.3. The number of thiocarbonyl (C=S) groups is 1. The van der Waals surface area contributed by atoms with E-state index in [0.717, 1.165) is 5.69 Å². The van der Waals surface area contributed by atoms with Gasteiger partial charge in [0.25, 0.3) is 10.9 Å². The third-order valence-electron chi connectivity index (χ3n) is 3.28. The Labute approximate surface area is 122 Å². The van der Waals surface area contributed by atoms with Crippen molar-refractivity contribution in [2.45, 2.75) is 13.8 Å². The molecule has 1 amide bonds. The summed E-state index contributed by atoms with van der Waals surface area (Å²) >= 11 is 5.07. The van der Waals surface area contributed by atoms with Crippen molar-refractivity contribution in [2.75, 3.05) is 18.0 Å². The summed E-state index contributed by atoms with van der Waals surface area (Å²) in [5.74, 6) is 1.04. The van der Waals surface area contributed by atoms with Crippen molar-refractivity contribution in [1.82, 2.24) is 4.90 Å². The van der Waals surface area contributed by atoms with Crippen molar-refractivity contribution in [3.63, 3.8) is 0 Å². The molecule has 0 aromatic heterocycles. The maximum Gasteiger partial charge on any atom is 0.302 e. The van der Waals surface area contributed by atoms with Crippen LogP contribution in [0.15, 0.2) is 35.9 Å². The highest BCUT2D eigenvalue weighted by Crippen LogP contribution is 2.40. The lowest BCUT2D eigenvalue weighted by molar-refractivity contribution is -0.123. The lowest BCUT2D eigenvalue weighted by Crippen LogP contribution is -2.29. The molecule has 0 N–H and O–H groups in total. The fourth-order valence-corrected chi connectivity index (χ4v) is 2.61. The van der Waals surface area contributed by atoms with Gasteiger partial charge in [-0.3, -0.25) is 9.69 Å². The minimum absolute atomic E-state index is 0.162. The van der Waals surface area contributed by atoms with Crippen LogP contribution in [0.25, 0.3) is 0 Å². The zero-order valence-corrected chi connectivity index (χ0v) is 12.1. The van der Waals surface area contributed by atoms with E-state index in [-0.39, 0.29) is 16.8 Å². The van der Waals surface area contributed by atoms with Crippen LogP contribution in [0.2, 0.25) is 0 Å². The van der Waals surface area contributed by atoms with Gasteiger partial charge in [-0.1, -0.05) is 12.1 Å². The van der Waals surface area contributed by atoms with Crippen LogP contribution in [-0.4, -0.2) is 29.1 Å². The molecule has 1 aromatic carbocycles. The first kappa shape index (κ1) is 12.9. The number of nitrogens with zero attached hydrogens (tertiary/aromatic N) is 2. The number of anilines is 1. The van der Waals surface area contributed by atoms with E-state index >= 15 is 0 Å². The zero-order chi connectivity index (χ0) is 14.3. The molecule has 2 aliphatic heterocycles. The standard InChI is InChI=1S/C14H14N2O3S/c1-3-15-9-7-5-6-8-10(9)18-13(15)11-12(17)16(4-2)14(20)19-11/h5-8H,3-4H2,1-2H3/b13-11-. The first-order valence-electron chi connectivity index (χ1n) is 6.49. The first-order valence-corrected chi connectivity index (χ1v) is 6.90. The van der Waals surface area contributed by atoms with Crippen LogP contribution in [0.5, 0.6) is 5.75 Å². The van der Waals surface area contributed by atoms with Gasteiger partial charge in [0.1, 0.15) is 0 Å². The normalized spacial score (nSPS) is 21.1. The van der Waals surface area contributed by atoms with Gasteiger partial charge in [-0.2, -0.15) is 0 Å². The molecule has 0 bridgehead atoms. The molecule has 3 rings (SSSR count). The number of hydrogen-bond acceptors (Lipinski definition) is 5. The van der Waals surface area contributed by atoms with Crippen LogP contribution in [0.3, 0.4) is 0 Å². The van der Waals surface area contributed by atoms with Crippen molar-refractivity contribution in [2.24, 2.45) is 0 Å². The van der Waals surface area contributed by atoms with Gasteiger partial charge >= 0.3 is 5.91 Å². The van der Waals surface area contributed by atoms with E-state index in [4.69, 9.17) is 21.7 Å². The van der Waals surface area contributed by atoms with Gasteiger partial charge < -0.3 is 14.4 Å². The lowest BCUT2D eigenvalue weighted by Gasteiger charge is -2.15. The van der Waals surface area contributed by atoms with Crippen LogP contribution < -0.4 is 9.64 Å². The average Bonchev–Trinajstić information content (AvgIpc) is 2.95. The smallest absolute Gasteiger partial charge is 0.302 e. The molecule has 1 saturated heterocycles. The number of para-hydroxylation sites is 2. The van der Waals surface area contributed by atoms with E-state index in [1.54, 1.807) is 0 Å². The number of amides is 1. The summed E-state index contributed by atoms with van der Waals surface area (Å²) in [5, 5.41) is 0.176. The molecule has 0 atom stereocenters. The second-order valence-electron chi connectivity index (χ2n) is 4.37. The molecule has 0 saturated carbocycles. The van der Waals surface area contributed by atoms with Crippen LogP contribution >= 0.6 is 12.2 Å². The maximum atomic E-state index is 12.3. The Morgan fingerprint density at radius 3 is 2.45 bits per heavy atom. The van der Waals surface area contributed by atoms with E-state index in [9.17, 15) is 4.79 Å². The first-order chi connectivity index (χ1) is 9.67. The summed E-state index contributed by atoms with van der Waals surface area (Å²) in [6, 6.07) is 7.63. The van der Waals surface area contributed by atoms with Gasteiger partial charge in [0.2, 0.25) is 5.88 Å². The molecular formula is C14H14N2O3S. The average molecular weight is 290 g/mol. The third-order valence-corrected chi connectivity index (χ3v) is 3.59. The molecule has 5 nitrogen and oxygen atoms in total. The highest BCUT2D eigenvalue weighted by atomic mass is 32.1. The highest BCUT2D eigenvalue weighted by Gasteiger charge is 2.40. The van der Waals surface area contributed by atoms with Crippen LogP contribution in [0.4, 0.5) is 5.69 Å². The fourth-order valence-electron chi connectivity index (χ4n) is 2.32. The van der Waals surface area contributed by atoms with Gasteiger partial charge in [0.05, 0.1) is 5.69 Å². The summed E-state index contributed by atoms with van der Waals surface area (Å²) in [4.78, 5) is 15.6. The van der Waals surface area contributed by atoms with Crippen molar-refractivity contribution in [3.05, 3.63) is 35.9 Å². The second-order valence-corrected chi connectivity index (χ2v) is 4.71. The maximum absolute atomic E-state index is 12.3. The molecule has 1 aromatic rings. The van der Waals surface area contributed by atoms with Gasteiger partial charge in [-0.05, 0) is 38.2 Å². The summed E-state index contributed by atoms with van der Waals surface area (Å²) in [6.45, 7) is 4.99. The highest BCUT2D eigenvalue weighted by molar-refractivity contribution is 7.80. The Morgan fingerprint density at radius 1 is 1.10 bits per heavy atom. The SMILES string of the molecule is CCN1C(=O)/C(=C2/Oc3ccccc3N2CC)OC1=S. The van der Waals surface area contributed by atoms with Gasteiger partial charge in [0.15, 0.2) is 5.75 Å². The van der Waals surface area contributed by atoms with Crippen molar-refractivity contribution in [3.8, 4) is 5.75 Å². The molecule has 1 fully saturated rings. The van der Waals surface area contributed by atoms with Crippen molar-refractivity contribution >= 4 is 29.0 Å². The topological polar surface area (TPSA) is 42.0 Å². The Kier molecular flexibility index (Phi) is 3.10. The number of fused-ring (bicyclic) bond motifs is 1. The number of rotatable bonds is 2. The minimum atomic E-state index is -0.251. The van der Waals surface area contributed by atoms with Crippen molar-refractivity contribution in [1.29, 1.82) is 0 Å². The largest absolute Gasteiger partial charge is 0.435 e. The zero-order valence-electron chi connectivity index (χ0n) is 11.3. The minimum Gasteiger partial charge on any atom is -0.435 e. The van der Waals surface area contributed by atoms with E-state index in [0.29, 0.717) is 24.7 Å². The molecule has 104 valence electrons. The van der Waals surface area contributed by atoms with Gasteiger partial charge in [0, 0.05) is 13.1 Å². The molecular weight excluding hydrogens is 276 g/mol. The molecule has 0 unspecified atom stereocenters. The van der Waals surface area contributed by atoms with E-state index in [1.165, 1.54) is 4.90 Å².